The van der Waals surface area contributed by atoms with Gasteiger partial charge in [-0.25, -0.2) is 13.1 Å². The topological polar surface area (TPSA) is 96.3 Å². The SMILES string of the molecule is COC(=O)CNS(=O)(=O)Cc1cccc(C#N)c1. The Morgan fingerprint density at radius 3 is 2.83 bits per heavy atom. The highest BCUT2D eigenvalue weighted by Crippen LogP contribution is 2.07. The molecule has 1 N–H and O–H groups in total. The number of sulfonamides is 1. The van der Waals surface area contributed by atoms with Crippen molar-refractivity contribution in [2.45, 2.75) is 5.75 Å². The van der Waals surface area contributed by atoms with E-state index in [1.807, 2.05) is 6.07 Å². The van der Waals surface area contributed by atoms with E-state index in [1.54, 1.807) is 18.2 Å². The fourth-order valence-corrected chi connectivity index (χ4v) is 2.30. The van der Waals surface area contributed by atoms with Crippen LogP contribution in [0.15, 0.2) is 24.3 Å². The smallest absolute Gasteiger partial charge is 0.320 e. The van der Waals surface area contributed by atoms with Gasteiger partial charge in [-0.2, -0.15) is 5.26 Å². The molecule has 18 heavy (non-hydrogen) atoms. The zero-order chi connectivity index (χ0) is 13.6. The maximum Gasteiger partial charge on any atom is 0.320 e. The summed E-state index contributed by atoms with van der Waals surface area (Å²) >= 11 is 0. The summed E-state index contributed by atoms with van der Waals surface area (Å²) in [6.45, 7) is -0.406. The van der Waals surface area contributed by atoms with Crippen LogP contribution in [0.5, 0.6) is 0 Å². The lowest BCUT2D eigenvalue weighted by atomic mass is 10.2. The van der Waals surface area contributed by atoms with E-state index in [2.05, 4.69) is 9.46 Å². The Labute approximate surface area is 105 Å². The number of ether oxygens (including phenoxy) is 1. The van der Waals surface area contributed by atoms with Crippen LogP contribution >= 0.6 is 0 Å². The van der Waals surface area contributed by atoms with E-state index in [0.29, 0.717) is 11.1 Å². The van der Waals surface area contributed by atoms with Crippen molar-refractivity contribution >= 4 is 16.0 Å². The quantitative estimate of drug-likeness (QED) is 0.767. The largest absolute Gasteiger partial charge is 0.468 e. The van der Waals surface area contributed by atoms with Gasteiger partial charge in [-0.15, -0.1) is 0 Å². The molecule has 0 aliphatic heterocycles. The minimum Gasteiger partial charge on any atom is -0.468 e. The highest BCUT2D eigenvalue weighted by molar-refractivity contribution is 7.88. The van der Waals surface area contributed by atoms with Gasteiger partial charge in [0, 0.05) is 0 Å². The summed E-state index contributed by atoms with van der Waals surface area (Å²) in [5, 5.41) is 8.69. The van der Waals surface area contributed by atoms with Crippen molar-refractivity contribution in [1.82, 2.24) is 4.72 Å². The third-order valence-corrected chi connectivity index (χ3v) is 3.37. The summed E-state index contributed by atoms with van der Waals surface area (Å²) in [6, 6.07) is 8.18. The Kier molecular flexibility index (Phi) is 4.83. The van der Waals surface area contributed by atoms with Gasteiger partial charge in [0.25, 0.3) is 0 Å². The molecule has 7 heteroatoms. The molecule has 1 aromatic rings. The number of nitrogens with zero attached hydrogens (tertiary/aromatic N) is 1. The summed E-state index contributed by atoms with van der Waals surface area (Å²) in [4.78, 5) is 10.8. The fourth-order valence-electron chi connectivity index (χ4n) is 1.24. The van der Waals surface area contributed by atoms with Crippen LogP contribution in [-0.4, -0.2) is 28.0 Å². The lowest BCUT2D eigenvalue weighted by Gasteiger charge is -2.05. The van der Waals surface area contributed by atoms with Gasteiger partial charge in [0.2, 0.25) is 10.0 Å². The Morgan fingerprint density at radius 2 is 2.22 bits per heavy atom. The van der Waals surface area contributed by atoms with Crippen LogP contribution in [0.2, 0.25) is 0 Å². The molecule has 0 amide bonds. The molecular formula is C11H12N2O4S. The van der Waals surface area contributed by atoms with Crippen molar-refractivity contribution in [1.29, 1.82) is 5.26 Å². The standard InChI is InChI=1S/C11H12N2O4S/c1-17-11(14)7-13-18(15,16)8-10-4-2-3-9(5-10)6-12/h2-5,13H,7-8H2,1H3. The Morgan fingerprint density at radius 1 is 1.50 bits per heavy atom. The second-order valence-corrected chi connectivity index (χ2v) is 5.28. The molecule has 0 heterocycles. The van der Waals surface area contributed by atoms with E-state index in [-0.39, 0.29) is 5.75 Å². The lowest BCUT2D eigenvalue weighted by molar-refractivity contribution is -0.139. The molecule has 0 radical (unpaired) electrons. The number of benzene rings is 1. The summed E-state index contributed by atoms with van der Waals surface area (Å²) in [5.41, 5.74) is 0.863. The normalized spacial score (nSPS) is 10.7. The minimum atomic E-state index is -3.63. The highest BCUT2D eigenvalue weighted by Gasteiger charge is 2.13. The van der Waals surface area contributed by atoms with Crippen LogP contribution in [0.1, 0.15) is 11.1 Å². The first-order chi connectivity index (χ1) is 8.46. The average molecular weight is 268 g/mol. The molecule has 0 saturated heterocycles. The van der Waals surface area contributed by atoms with Crippen molar-refractivity contribution < 1.29 is 17.9 Å². The Balaban J connectivity index is 2.71. The molecule has 0 aromatic heterocycles. The molecule has 1 aromatic carbocycles. The van der Waals surface area contributed by atoms with Crippen molar-refractivity contribution in [2.75, 3.05) is 13.7 Å². The molecule has 0 fully saturated rings. The number of nitrogens with one attached hydrogen (secondary N) is 1. The van der Waals surface area contributed by atoms with Crippen molar-refractivity contribution in [3.63, 3.8) is 0 Å². The van der Waals surface area contributed by atoms with E-state index in [9.17, 15) is 13.2 Å². The van der Waals surface area contributed by atoms with Gasteiger partial charge in [0.05, 0.1) is 24.5 Å². The molecule has 0 unspecified atom stereocenters. The first kappa shape index (κ1) is 14.2. The molecule has 0 saturated carbocycles. The van der Waals surface area contributed by atoms with Crippen LogP contribution in [0.4, 0.5) is 0 Å². The summed E-state index contributed by atoms with van der Waals surface area (Å²) in [5.74, 6) is -0.955. The second kappa shape index (κ2) is 6.14. The fraction of sp³-hybridized carbons (Fsp3) is 0.273. The molecule has 0 aliphatic carbocycles. The third kappa shape index (κ3) is 4.53. The van der Waals surface area contributed by atoms with Gasteiger partial charge >= 0.3 is 5.97 Å². The molecular weight excluding hydrogens is 256 g/mol. The van der Waals surface area contributed by atoms with Gasteiger partial charge in [-0.1, -0.05) is 12.1 Å². The van der Waals surface area contributed by atoms with Crippen molar-refractivity contribution in [2.24, 2.45) is 0 Å². The number of esters is 1. The predicted molar refractivity (Wildman–Crippen MR) is 63.8 cm³/mol. The van der Waals surface area contributed by atoms with E-state index < -0.39 is 22.5 Å². The molecule has 0 aliphatic rings. The lowest BCUT2D eigenvalue weighted by Crippen LogP contribution is -2.31. The monoisotopic (exact) mass is 268 g/mol. The molecule has 96 valence electrons. The summed E-state index contributed by atoms with van der Waals surface area (Å²) in [6.07, 6.45) is 0. The molecule has 1 rings (SSSR count). The third-order valence-electron chi connectivity index (χ3n) is 2.08. The molecule has 0 atom stereocenters. The number of hydrogen-bond acceptors (Lipinski definition) is 5. The van der Waals surface area contributed by atoms with E-state index in [0.717, 1.165) is 0 Å². The van der Waals surface area contributed by atoms with E-state index in [1.165, 1.54) is 13.2 Å². The zero-order valence-corrected chi connectivity index (χ0v) is 10.5. The maximum absolute atomic E-state index is 11.6. The zero-order valence-electron chi connectivity index (χ0n) is 9.71. The first-order valence-electron chi connectivity index (χ1n) is 5.00. The second-order valence-electron chi connectivity index (χ2n) is 3.47. The number of methoxy groups -OCH3 is 1. The van der Waals surface area contributed by atoms with E-state index in [4.69, 9.17) is 5.26 Å². The first-order valence-corrected chi connectivity index (χ1v) is 6.65. The van der Waals surface area contributed by atoms with Gasteiger partial charge < -0.3 is 4.74 Å². The van der Waals surface area contributed by atoms with Crippen LogP contribution in [-0.2, 0) is 25.3 Å². The van der Waals surface area contributed by atoms with Gasteiger partial charge in [0.1, 0.15) is 6.54 Å². The Hall–Kier alpha value is -1.91. The van der Waals surface area contributed by atoms with E-state index >= 15 is 0 Å². The minimum absolute atomic E-state index is 0.292. The number of nitriles is 1. The molecule has 0 bridgehead atoms. The maximum atomic E-state index is 11.6. The van der Waals surface area contributed by atoms with Crippen molar-refractivity contribution in [3.8, 4) is 6.07 Å². The number of rotatable bonds is 5. The predicted octanol–water partition coefficient (Wildman–Crippen LogP) is 0.151. The van der Waals surface area contributed by atoms with Crippen LogP contribution in [0, 0.1) is 11.3 Å². The van der Waals surface area contributed by atoms with Gasteiger partial charge in [-0.3, -0.25) is 4.79 Å². The van der Waals surface area contributed by atoms with Gasteiger partial charge in [0.15, 0.2) is 0 Å². The number of carbonyl (C=O) groups is 1. The van der Waals surface area contributed by atoms with Gasteiger partial charge in [-0.05, 0) is 17.7 Å². The van der Waals surface area contributed by atoms with Crippen LogP contribution in [0.3, 0.4) is 0 Å². The highest BCUT2D eigenvalue weighted by atomic mass is 32.2. The average Bonchev–Trinajstić information content (AvgIpc) is 2.35. The summed E-state index contributed by atoms with van der Waals surface area (Å²) in [7, 11) is -2.45. The summed E-state index contributed by atoms with van der Waals surface area (Å²) < 4.78 is 29.7. The number of carbonyl (C=O) groups excluding carboxylic acids is 1. The Bertz CT molecular complexity index is 575. The van der Waals surface area contributed by atoms with Crippen molar-refractivity contribution in [3.05, 3.63) is 35.4 Å². The van der Waals surface area contributed by atoms with Crippen LogP contribution in [0.25, 0.3) is 0 Å². The molecule has 6 nitrogen and oxygen atoms in total. The number of hydrogen-bond donors (Lipinski definition) is 1. The molecule has 0 spiro atoms. The van der Waals surface area contributed by atoms with Crippen LogP contribution < -0.4 is 4.72 Å².